The van der Waals surface area contributed by atoms with Gasteiger partial charge < -0.3 is 15.7 Å². The molecule has 3 N–H and O–H groups in total. The van der Waals surface area contributed by atoms with Crippen molar-refractivity contribution >= 4 is 5.91 Å². The van der Waals surface area contributed by atoms with Crippen molar-refractivity contribution in [3.05, 3.63) is 35.9 Å². The fourth-order valence-electron chi connectivity index (χ4n) is 2.73. The highest BCUT2D eigenvalue weighted by Gasteiger charge is 2.27. The number of amides is 1. The Labute approximate surface area is 120 Å². The van der Waals surface area contributed by atoms with Crippen LogP contribution in [0.2, 0.25) is 0 Å². The van der Waals surface area contributed by atoms with Gasteiger partial charge in [0, 0.05) is 6.04 Å². The summed E-state index contributed by atoms with van der Waals surface area (Å²) in [6, 6.07) is 10.0. The van der Waals surface area contributed by atoms with Gasteiger partial charge in [0.2, 0.25) is 5.91 Å². The van der Waals surface area contributed by atoms with Gasteiger partial charge in [-0.05, 0) is 25.3 Å². The van der Waals surface area contributed by atoms with Gasteiger partial charge in [-0.2, -0.15) is 0 Å². The summed E-state index contributed by atoms with van der Waals surface area (Å²) in [6.45, 7) is 2.04. The van der Waals surface area contributed by atoms with Crippen LogP contribution in [0.4, 0.5) is 0 Å². The van der Waals surface area contributed by atoms with Crippen molar-refractivity contribution in [1.82, 2.24) is 10.6 Å². The zero-order chi connectivity index (χ0) is 14.4. The van der Waals surface area contributed by atoms with Crippen molar-refractivity contribution in [2.45, 2.75) is 44.2 Å². The lowest BCUT2D eigenvalue weighted by atomic mass is 9.93. The van der Waals surface area contributed by atoms with Crippen molar-refractivity contribution in [3.8, 4) is 0 Å². The van der Waals surface area contributed by atoms with Gasteiger partial charge in [-0.3, -0.25) is 4.79 Å². The number of benzene rings is 1. The standard InChI is InChI=1S/C16H24N2O2/c1-16(12-19,13-7-3-2-4-8-13)18-15(20)11-17-14-9-5-6-10-14/h2-4,7-8,14,17,19H,5-6,9-12H2,1H3,(H,18,20). The zero-order valence-electron chi connectivity index (χ0n) is 12.1. The molecule has 1 saturated carbocycles. The molecule has 1 unspecified atom stereocenters. The van der Waals surface area contributed by atoms with Crippen LogP contribution in [0.15, 0.2) is 30.3 Å². The van der Waals surface area contributed by atoms with E-state index in [-0.39, 0.29) is 12.5 Å². The molecule has 0 heterocycles. The fourth-order valence-corrected chi connectivity index (χ4v) is 2.73. The molecule has 1 aliphatic carbocycles. The predicted molar refractivity (Wildman–Crippen MR) is 79.3 cm³/mol. The van der Waals surface area contributed by atoms with E-state index in [9.17, 15) is 9.90 Å². The van der Waals surface area contributed by atoms with Crippen LogP contribution in [-0.2, 0) is 10.3 Å². The third-order valence-corrected chi connectivity index (χ3v) is 4.05. The Bertz CT molecular complexity index is 429. The van der Waals surface area contributed by atoms with Crippen LogP contribution in [0.3, 0.4) is 0 Å². The minimum Gasteiger partial charge on any atom is -0.394 e. The summed E-state index contributed by atoms with van der Waals surface area (Å²) >= 11 is 0. The molecular weight excluding hydrogens is 252 g/mol. The first-order valence-corrected chi connectivity index (χ1v) is 7.35. The molecule has 110 valence electrons. The van der Waals surface area contributed by atoms with Crippen molar-refractivity contribution in [3.63, 3.8) is 0 Å². The van der Waals surface area contributed by atoms with E-state index in [1.165, 1.54) is 12.8 Å². The molecule has 1 amide bonds. The molecular formula is C16H24N2O2. The molecule has 0 aromatic heterocycles. The maximum atomic E-state index is 12.1. The van der Waals surface area contributed by atoms with Gasteiger partial charge in [0.1, 0.15) is 0 Å². The Balaban J connectivity index is 1.90. The number of carbonyl (C=O) groups is 1. The molecule has 0 radical (unpaired) electrons. The average Bonchev–Trinajstić information content (AvgIpc) is 2.99. The van der Waals surface area contributed by atoms with Crippen LogP contribution >= 0.6 is 0 Å². The summed E-state index contributed by atoms with van der Waals surface area (Å²) in [6.07, 6.45) is 4.81. The Hall–Kier alpha value is -1.39. The van der Waals surface area contributed by atoms with Gasteiger partial charge in [-0.25, -0.2) is 0 Å². The molecule has 1 aliphatic rings. The lowest BCUT2D eigenvalue weighted by molar-refractivity contribution is -0.122. The van der Waals surface area contributed by atoms with Crippen LogP contribution in [-0.4, -0.2) is 30.2 Å². The molecule has 0 saturated heterocycles. The second-order valence-corrected chi connectivity index (χ2v) is 5.77. The quantitative estimate of drug-likeness (QED) is 0.738. The van der Waals surface area contributed by atoms with Crippen molar-refractivity contribution in [2.24, 2.45) is 0 Å². The Morgan fingerprint density at radius 3 is 2.55 bits per heavy atom. The minimum atomic E-state index is -0.726. The van der Waals surface area contributed by atoms with Crippen LogP contribution in [0.25, 0.3) is 0 Å². The number of hydrogen-bond donors (Lipinski definition) is 3. The molecule has 1 fully saturated rings. The third kappa shape index (κ3) is 3.81. The van der Waals surface area contributed by atoms with E-state index >= 15 is 0 Å². The van der Waals surface area contributed by atoms with Crippen LogP contribution < -0.4 is 10.6 Å². The summed E-state index contributed by atoms with van der Waals surface area (Å²) in [5.41, 5.74) is 0.187. The number of aliphatic hydroxyl groups excluding tert-OH is 1. The first-order chi connectivity index (χ1) is 9.64. The van der Waals surface area contributed by atoms with E-state index in [1.54, 1.807) is 0 Å². The molecule has 0 bridgehead atoms. The fraction of sp³-hybridized carbons (Fsp3) is 0.562. The summed E-state index contributed by atoms with van der Waals surface area (Å²) in [5.74, 6) is -0.0719. The SMILES string of the molecule is CC(CO)(NC(=O)CNC1CCCC1)c1ccccc1. The van der Waals surface area contributed by atoms with Gasteiger partial charge in [0.15, 0.2) is 0 Å². The normalized spacial score (nSPS) is 18.7. The minimum absolute atomic E-state index is 0.0719. The van der Waals surface area contributed by atoms with E-state index in [2.05, 4.69) is 10.6 Å². The summed E-state index contributed by atoms with van der Waals surface area (Å²) in [7, 11) is 0. The van der Waals surface area contributed by atoms with Crippen LogP contribution in [0, 0.1) is 0 Å². The number of rotatable bonds is 6. The van der Waals surface area contributed by atoms with Gasteiger partial charge >= 0.3 is 0 Å². The molecule has 4 heteroatoms. The lowest BCUT2D eigenvalue weighted by Crippen LogP contribution is -2.50. The maximum absolute atomic E-state index is 12.1. The predicted octanol–water partition coefficient (Wildman–Crippen LogP) is 1.54. The molecule has 1 atom stereocenters. The van der Waals surface area contributed by atoms with Gasteiger partial charge in [0.05, 0.1) is 18.7 Å². The number of nitrogens with one attached hydrogen (secondary N) is 2. The smallest absolute Gasteiger partial charge is 0.234 e. The van der Waals surface area contributed by atoms with Crippen molar-refractivity contribution in [1.29, 1.82) is 0 Å². The van der Waals surface area contributed by atoms with Gasteiger partial charge in [0.25, 0.3) is 0 Å². The second kappa shape index (κ2) is 6.86. The van der Waals surface area contributed by atoms with Crippen LogP contribution in [0.5, 0.6) is 0 Å². The van der Waals surface area contributed by atoms with E-state index < -0.39 is 5.54 Å². The zero-order valence-corrected chi connectivity index (χ0v) is 12.1. The summed E-state index contributed by atoms with van der Waals surface area (Å²) in [4.78, 5) is 12.1. The molecule has 2 rings (SSSR count). The molecule has 1 aromatic rings. The highest BCUT2D eigenvalue weighted by molar-refractivity contribution is 5.79. The number of aliphatic hydroxyl groups is 1. The topological polar surface area (TPSA) is 61.4 Å². The molecule has 1 aromatic carbocycles. The highest BCUT2D eigenvalue weighted by atomic mass is 16.3. The lowest BCUT2D eigenvalue weighted by Gasteiger charge is -2.29. The molecule has 0 aliphatic heterocycles. The van der Waals surface area contributed by atoms with E-state index in [0.29, 0.717) is 12.6 Å². The third-order valence-electron chi connectivity index (χ3n) is 4.05. The Kier molecular flexibility index (Phi) is 5.15. The van der Waals surface area contributed by atoms with E-state index in [1.807, 2.05) is 37.3 Å². The first kappa shape index (κ1) is 15.0. The van der Waals surface area contributed by atoms with E-state index in [0.717, 1.165) is 18.4 Å². The second-order valence-electron chi connectivity index (χ2n) is 5.77. The van der Waals surface area contributed by atoms with Gasteiger partial charge in [-0.15, -0.1) is 0 Å². The highest BCUT2D eigenvalue weighted by Crippen LogP contribution is 2.20. The van der Waals surface area contributed by atoms with E-state index in [4.69, 9.17) is 0 Å². The summed E-state index contributed by atoms with van der Waals surface area (Å²) in [5, 5.41) is 15.8. The molecule has 20 heavy (non-hydrogen) atoms. The average molecular weight is 276 g/mol. The largest absolute Gasteiger partial charge is 0.394 e. The van der Waals surface area contributed by atoms with Crippen molar-refractivity contribution in [2.75, 3.05) is 13.2 Å². The number of carbonyl (C=O) groups excluding carboxylic acids is 1. The molecule has 4 nitrogen and oxygen atoms in total. The van der Waals surface area contributed by atoms with Crippen LogP contribution in [0.1, 0.15) is 38.2 Å². The Morgan fingerprint density at radius 1 is 1.30 bits per heavy atom. The monoisotopic (exact) mass is 276 g/mol. The first-order valence-electron chi connectivity index (χ1n) is 7.35. The van der Waals surface area contributed by atoms with Gasteiger partial charge in [-0.1, -0.05) is 43.2 Å². The maximum Gasteiger partial charge on any atom is 0.234 e. The summed E-state index contributed by atoms with van der Waals surface area (Å²) < 4.78 is 0. The molecule has 0 spiro atoms. The van der Waals surface area contributed by atoms with Crippen molar-refractivity contribution < 1.29 is 9.90 Å². The Morgan fingerprint density at radius 2 is 1.95 bits per heavy atom. The number of hydrogen-bond acceptors (Lipinski definition) is 3.